The van der Waals surface area contributed by atoms with Gasteiger partial charge in [0.25, 0.3) is 0 Å². The van der Waals surface area contributed by atoms with Crippen molar-refractivity contribution in [1.29, 1.82) is 0 Å². The molecule has 31 heavy (non-hydrogen) atoms. The van der Waals surface area contributed by atoms with E-state index in [-0.39, 0.29) is 5.91 Å². The summed E-state index contributed by atoms with van der Waals surface area (Å²) >= 11 is 0. The molecular formula is C24H36N4O3. The van der Waals surface area contributed by atoms with E-state index in [0.717, 1.165) is 42.4 Å². The highest BCUT2D eigenvalue weighted by Crippen LogP contribution is 2.22. The third kappa shape index (κ3) is 6.00. The van der Waals surface area contributed by atoms with E-state index in [1.165, 1.54) is 0 Å². The summed E-state index contributed by atoms with van der Waals surface area (Å²) in [5, 5.41) is 6.96. The molecule has 0 spiro atoms. The molecule has 2 amide bonds. The smallest absolute Gasteiger partial charge is 0.408 e. The summed E-state index contributed by atoms with van der Waals surface area (Å²) in [6.07, 6.45) is 4.08. The maximum absolute atomic E-state index is 13.1. The number of nitrogens with zero attached hydrogens (tertiary/aromatic N) is 2. The van der Waals surface area contributed by atoms with Gasteiger partial charge in [-0.05, 0) is 58.3 Å². The van der Waals surface area contributed by atoms with Crippen molar-refractivity contribution in [2.75, 3.05) is 19.6 Å². The van der Waals surface area contributed by atoms with Gasteiger partial charge in [0.15, 0.2) is 0 Å². The van der Waals surface area contributed by atoms with Crippen LogP contribution in [0.25, 0.3) is 10.9 Å². The van der Waals surface area contributed by atoms with Crippen molar-refractivity contribution in [3.05, 3.63) is 36.0 Å². The number of rotatable bonds is 7. The van der Waals surface area contributed by atoms with Crippen molar-refractivity contribution in [2.45, 2.75) is 64.6 Å². The summed E-state index contributed by atoms with van der Waals surface area (Å²) < 4.78 is 7.46. The molecule has 1 unspecified atom stereocenters. The summed E-state index contributed by atoms with van der Waals surface area (Å²) in [4.78, 5) is 28.0. The molecule has 1 aliphatic rings. The lowest BCUT2D eigenvalue weighted by Gasteiger charge is -2.26. The number of aryl methyl sites for hydroxylation is 1. The molecule has 0 bridgehead atoms. The van der Waals surface area contributed by atoms with Gasteiger partial charge in [0.2, 0.25) is 5.91 Å². The lowest BCUT2D eigenvalue weighted by Crippen LogP contribution is -2.51. The summed E-state index contributed by atoms with van der Waals surface area (Å²) in [6, 6.07) is 7.72. The largest absolute Gasteiger partial charge is 0.444 e. The number of nitrogens with one attached hydrogen (secondary N) is 2. The number of amides is 2. The number of alkyl carbamates (subject to hydrolysis) is 1. The van der Waals surface area contributed by atoms with Crippen molar-refractivity contribution in [3.63, 3.8) is 0 Å². The molecule has 0 radical (unpaired) electrons. The number of carbonyl (C=O) groups excluding carboxylic acids is 2. The van der Waals surface area contributed by atoms with E-state index < -0.39 is 17.7 Å². The molecule has 2 aromatic rings. The molecule has 0 aliphatic carbocycles. The fourth-order valence-electron chi connectivity index (χ4n) is 4.35. The Labute approximate surface area is 185 Å². The number of carbonyl (C=O) groups is 2. The number of hydrogen-bond donors (Lipinski definition) is 2. The molecule has 2 heterocycles. The van der Waals surface area contributed by atoms with Gasteiger partial charge in [-0.1, -0.05) is 25.1 Å². The lowest BCUT2D eigenvalue weighted by molar-refractivity contribution is -0.123. The van der Waals surface area contributed by atoms with Gasteiger partial charge in [0.1, 0.15) is 11.6 Å². The van der Waals surface area contributed by atoms with Crippen LogP contribution in [0.4, 0.5) is 4.79 Å². The van der Waals surface area contributed by atoms with Gasteiger partial charge in [-0.3, -0.25) is 9.69 Å². The second-order valence-electron chi connectivity index (χ2n) is 9.36. The van der Waals surface area contributed by atoms with Crippen LogP contribution >= 0.6 is 0 Å². The van der Waals surface area contributed by atoms with E-state index in [4.69, 9.17) is 4.74 Å². The highest BCUT2D eigenvalue weighted by Gasteiger charge is 2.28. The first kappa shape index (κ1) is 23.1. The fourth-order valence-corrected chi connectivity index (χ4v) is 4.35. The Kier molecular flexibility index (Phi) is 7.26. The number of likely N-dealkylation sites (N-methyl/N-ethyl adjacent to an activating group) is 1. The number of aromatic nitrogens is 1. The Bertz CT molecular complexity index is 915. The quantitative estimate of drug-likeness (QED) is 0.710. The van der Waals surface area contributed by atoms with Crippen LogP contribution in [0, 0.1) is 0 Å². The van der Waals surface area contributed by atoms with Crippen LogP contribution in [-0.2, 0) is 23.0 Å². The Balaban J connectivity index is 1.75. The van der Waals surface area contributed by atoms with E-state index in [1.54, 1.807) is 0 Å². The monoisotopic (exact) mass is 428 g/mol. The average Bonchev–Trinajstić information content (AvgIpc) is 3.28. The number of benzene rings is 1. The molecule has 1 aromatic heterocycles. The van der Waals surface area contributed by atoms with E-state index in [1.807, 2.05) is 56.8 Å². The number of fused-ring (bicyclic) bond motifs is 1. The normalized spacial score (nSPS) is 18.2. The summed E-state index contributed by atoms with van der Waals surface area (Å²) in [7, 11) is 1.99. The molecule has 3 rings (SSSR count). The molecule has 1 aliphatic heterocycles. The second-order valence-corrected chi connectivity index (χ2v) is 9.36. The molecule has 1 aromatic carbocycles. The predicted molar refractivity (Wildman–Crippen MR) is 123 cm³/mol. The number of ether oxygens (including phenoxy) is 1. The van der Waals surface area contributed by atoms with Gasteiger partial charge >= 0.3 is 6.09 Å². The molecule has 0 saturated carbocycles. The summed E-state index contributed by atoms with van der Waals surface area (Å²) in [5.74, 6) is -0.179. The van der Waals surface area contributed by atoms with Gasteiger partial charge in [0.05, 0.1) is 0 Å². The van der Waals surface area contributed by atoms with Crippen LogP contribution in [-0.4, -0.2) is 58.8 Å². The van der Waals surface area contributed by atoms with E-state index in [2.05, 4.69) is 28.5 Å². The van der Waals surface area contributed by atoms with Gasteiger partial charge < -0.3 is 19.9 Å². The van der Waals surface area contributed by atoms with Crippen LogP contribution in [0.2, 0.25) is 0 Å². The zero-order valence-electron chi connectivity index (χ0n) is 19.4. The van der Waals surface area contributed by atoms with E-state index in [0.29, 0.717) is 19.0 Å². The first-order valence-corrected chi connectivity index (χ1v) is 11.2. The van der Waals surface area contributed by atoms with Gasteiger partial charge in [-0.25, -0.2) is 4.79 Å². The minimum absolute atomic E-state index is 0.179. The number of para-hydroxylation sites is 1. The molecule has 1 fully saturated rings. The van der Waals surface area contributed by atoms with Crippen molar-refractivity contribution < 1.29 is 14.3 Å². The lowest BCUT2D eigenvalue weighted by atomic mass is 10.0. The van der Waals surface area contributed by atoms with Crippen LogP contribution in [0.5, 0.6) is 0 Å². The van der Waals surface area contributed by atoms with Gasteiger partial charge in [-0.2, -0.15) is 0 Å². The highest BCUT2D eigenvalue weighted by atomic mass is 16.6. The third-order valence-electron chi connectivity index (χ3n) is 5.83. The molecule has 7 nitrogen and oxygen atoms in total. The van der Waals surface area contributed by atoms with Gasteiger partial charge in [0, 0.05) is 43.2 Å². The van der Waals surface area contributed by atoms with Crippen LogP contribution in [0.1, 0.15) is 46.1 Å². The summed E-state index contributed by atoms with van der Waals surface area (Å²) in [6.45, 7) is 10.2. The Morgan fingerprint density at radius 1 is 1.26 bits per heavy atom. The fraction of sp³-hybridized carbons (Fsp3) is 0.583. The van der Waals surface area contributed by atoms with E-state index in [9.17, 15) is 9.59 Å². The molecule has 7 heteroatoms. The maximum Gasteiger partial charge on any atom is 0.408 e. The van der Waals surface area contributed by atoms with Crippen molar-refractivity contribution in [2.24, 2.45) is 7.05 Å². The Hall–Kier alpha value is -2.54. The highest BCUT2D eigenvalue weighted by molar-refractivity contribution is 5.88. The molecular weight excluding hydrogens is 392 g/mol. The number of likely N-dealkylation sites (tertiary alicyclic amines) is 1. The number of hydrogen-bond acceptors (Lipinski definition) is 4. The molecule has 170 valence electrons. The zero-order chi connectivity index (χ0) is 22.6. The zero-order valence-corrected chi connectivity index (χ0v) is 19.4. The standard InChI is InChI=1S/C24H36N4O3/c1-6-28-13-9-10-18(28)15-25-22(29)20(26-23(30)31-24(2,3)4)14-17-16-27(5)21-12-8-7-11-19(17)21/h7-8,11-12,16,18,20H,6,9-10,13-15H2,1-5H3,(H,25,29)(H,26,30)/t18?,20-/m0/s1. The maximum atomic E-state index is 13.1. The van der Waals surface area contributed by atoms with Crippen molar-refractivity contribution in [1.82, 2.24) is 20.1 Å². The molecule has 2 atom stereocenters. The minimum Gasteiger partial charge on any atom is -0.444 e. The first-order chi connectivity index (χ1) is 14.7. The first-order valence-electron chi connectivity index (χ1n) is 11.2. The Morgan fingerprint density at radius 3 is 2.71 bits per heavy atom. The molecule has 1 saturated heterocycles. The Morgan fingerprint density at radius 2 is 2.00 bits per heavy atom. The topological polar surface area (TPSA) is 75.6 Å². The minimum atomic E-state index is -0.711. The van der Waals surface area contributed by atoms with Crippen LogP contribution in [0.15, 0.2) is 30.5 Å². The third-order valence-corrected chi connectivity index (χ3v) is 5.83. The summed E-state index contributed by atoms with van der Waals surface area (Å²) in [5.41, 5.74) is 1.49. The predicted octanol–water partition coefficient (Wildman–Crippen LogP) is 3.21. The second kappa shape index (κ2) is 9.73. The van der Waals surface area contributed by atoms with Gasteiger partial charge in [-0.15, -0.1) is 0 Å². The van der Waals surface area contributed by atoms with Crippen LogP contribution < -0.4 is 10.6 Å². The van der Waals surface area contributed by atoms with Crippen molar-refractivity contribution >= 4 is 22.9 Å². The van der Waals surface area contributed by atoms with Crippen molar-refractivity contribution in [3.8, 4) is 0 Å². The average molecular weight is 429 g/mol. The van der Waals surface area contributed by atoms with E-state index >= 15 is 0 Å². The SMILES string of the molecule is CCN1CCCC1CNC(=O)[C@H](Cc1cn(C)c2ccccc12)NC(=O)OC(C)(C)C. The van der Waals surface area contributed by atoms with Crippen LogP contribution in [0.3, 0.4) is 0 Å². The molecule has 2 N–H and O–H groups in total.